The molecule has 6 heteroatoms. The molecule has 2 atom stereocenters. The van der Waals surface area contributed by atoms with Crippen LogP contribution in [-0.2, 0) is 9.59 Å². The number of nitrogens with zero attached hydrogens (tertiary/aromatic N) is 1. The van der Waals surface area contributed by atoms with E-state index in [4.69, 9.17) is 0 Å². The van der Waals surface area contributed by atoms with Gasteiger partial charge in [-0.3, -0.25) is 9.59 Å². The zero-order valence-electron chi connectivity index (χ0n) is 14.4. The Morgan fingerprint density at radius 3 is 2.19 bits per heavy atom. The van der Waals surface area contributed by atoms with E-state index < -0.39 is 6.04 Å². The van der Waals surface area contributed by atoms with Gasteiger partial charge in [0.2, 0.25) is 11.8 Å². The Morgan fingerprint density at radius 1 is 1.24 bits per heavy atom. The minimum Gasteiger partial charge on any atom is -0.347 e. The lowest BCUT2D eigenvalue weighted by Crippen LogP contribution is -2.55. The van der Waals surface area contributed by atoms with Gasteiger partial charge in [0.05, 0.1) is 5.92 Å². The molecule has 0 aromatic heterocycles. The maximum absolute atomic E-state index is 12.5. The molecule has 0 heterocycles. The Hall–Kier alpha value is -0.750. The highest BCUT2D eigenvalue weighted by atomic mass is 32.2. The zero-order chi connectivity index (χ0) is 16.6. The van der Waals surface area contributed by atoms with Gasteiger partial charge >= 0.3 is 0 Å². The molecular weight excluding hydrogens is 286 g/mol. The maximum Gasteiger partial charge on any atom is 0.245 e. The second-order valence-corrected chi connectivity index (χ2v) is 7.77. The minimum absolute atomic E-state index is 0.0552. The molecule has 0 aromatic rings. The number of hydrogen-bond donors (Lipinski definition) is 2. The van der Waals surface area contributed by atoms with Crippen LogP contribution in [0.15, 0.2) is 0 Å². The van der Waals surface area contributed by atoms with Gasteiger partial charge in [0.15, 0.2) is 0 Å². The highest BCUT2D eigenvalue weighted by Gasteiger charge is 2.35. The van der Waals surface area contributed by atoms with Crippen molar-refractivity contribution in [3.63, 3.8) is 0 Å². The molecule has 0 aromatic carbocycles. The van der Waals surface area contributed by atoms with Crippen molar-refractivity contribution in [2.75, 3.05) is 39.2 Å². The van der Waals surface area contributed by atoms with Gasteiger partial charge in [0, 0.05) is 26.4 Å². The van der Waals surface area contributed by atoms with E-state index in [1.54, 1.807) is 25.9 Å². The standard InChI is InChI=1S/C15H31N3O2S/c1-8-21-10-11(9-16-5)13(19)17-12(15(2,3)4)14(20)18(6)7/h11-12,16H,8-10H2,1-7H3,(H,17,19). The van der Waals surface area contributed by atoms with Crippen molar-refractivity contribution in [1.82, 2.24) is 15.5 Å². The van der Waals surface area contributed by atoms with Gasteiger partial charge in [0.1, 0.15) is 6.04 Å². The van der Waals surface area contributed by atoms with Crippen molar-refractivity contribution < 1.29 is 9.59 Å². The molecule has 0 aliphatic carbocycles. The summed E-state index contributed by atoms with van der Waals surface area (Å²) in [5.74, 6) is 1.49. The summed E-state index contributed by atoms with van der Waals surface area (Å²) in [6, 6.07) is -0.508. The third-order valence-electron chi connectivity index (χ3n) is 3.18. The highest BCUT2D eigenvalue weighted by Crippen LogP contribution is 2.21. The van der Waals surface area contributed by atoms with Crippen LogP contribution in [0.25, 0.3) is 0 Å². The van der Waals surface area contributed by atoms with E-state index in [0.717, 1.165) is 11.5 Å². The van der Waals surface area contributed by atoms with Gasteiger partial charge in [-0.15, -0.1) is 0 Å². The van der Waals surface area contributed by atoms with Crippen LogP contribution in [0.4, 0.5) is 0 Å². The maximum atomic E-state index is 12.5. The number of amides is 2. The van der Waals surface area contributed by atoms with Crippen molar-refractivity contribution in [3.05, 3.63) is 0 Å². The molecule has 0 aliphatic heterocycles. The highest BCUT2D eigenvalue weighted by molar-refractivity contribution is 7.99. The van der Waals surface area contributed by atoms with Crippen LogP contribution in [0.3, 0.4) is 0 Å². The Bertz CT molecular complexity index is 340. The summed E-state index contributed by atoms with van der Waals surface area (Å²) in [6.45, 7) is 8.59. The molecule has 0 fully saturated rings. The second-order valence-electron chi connectivity index (χ2n) is 6.45. The van der Waals surface area contributed by atoms with Crippen LogP contribution in [0.1, 0.15) is 27.7 Å². The van der Waals surface area contributed by atoms with E-state index >= 15 is 0 Å². The summed E-state index contributed by atoms with van der Waals surface area (Å²) >= 11 is 1.74. The fourth-order valence-electron chi connectivity index (χ4n) is 1.90. The molecule has 5 nitrogen and oxygen atoms in total. The van der Waals surface area contributed by atoms with Crippen LogP contribution in [0.2, 0.25) is 0 Å². The first kappa shape index (κ1) is 20.2. The van der Waals surface area contributed by atoms with E-state index in [0.29, 0.717) is 6.54 Å². The Labute approximate surface area is 133 Å². The lowest BCUT2D eigenvalue weighted by atomic mass is 9.85. The number of carbonyl (C=O) groups is 2. The number of likely N-dealkylation sites (N-methyl/N-ethyl adjacent to an activating group) is 1. The second kappa shape index (κ2) is 9.30. The molecule has 0 spiro atoms. The van der Waals surface area contributed by atoms with Crippen molar-refractivity contribution in [1.29, 1.82) is 0 Å². The average Bonchev–Trinajstić information content (AvgIpc) is 2.38. The predicted octanol–water partition coefficient (Wildman–Crippen LogP) is 1.19. The van der Waals surface area contributed by atoms with Gasteiger partial charge in [-0.05, 0) is 18.2 Å². The fourth-order valence-corrected chi connectivity index (χ4v) is 2.69. The number of thioether (sulfide) groups is 1. The molecule has 0 saturated carbocycles. The molecule has 0 radical (unpaired) electrons. The average molecular weight is 317 g/mol. The molecule has 2 unspecified atom stereocenters. The van der Waals surface area contributed by atoms with Gasteiger partial charge in [-0.2, -0.15) is 11.8 Å². The molecule has 0 saturated heterocycles. The first-order valence-corrected chi connectivity index (χ1v) is 8.54. The molecule has 0 aliphatic rings. The summed E-state index contributed by atoms with van der Waals surface area (Å²) < 4.78 is 0. The molecule has 0 bridgehead atoms. The third kappa shape index (κ3) is 7.18. The van der Waals surface area contributed by atoms with E-state index in [2.05, 4.69) is 17.6 Å². The summed E-state index contributed by atoms with van der Waals surface area (Å²) in [7, 11) is 5.26. The van der Waals surface area contributed by atoms with E-state index in [-0.39, 0.29) is 23.1 Å². The van der Waals surface area contributed by atoms with E-state index in [1.165, 1.54) is 4.90 Å². The van der Waals surface area contributed by atoms with E-state index in [1.807, 2.05) is 27.8 Å². The first-order valence-electron chi connectivity index (χ1n) is 7.39. The number of rotatable bonds is 8. The topological polar surface area (TPSA) is 61.4 Å². The Balaban J connectivity index is 4.96. The SMILES string of the molecule is CCSCC(CNC)C(=O)NC(C(=O)N(C)C)C(C)(C)C. The van der Waals surface area contributed by atoms with Crippen LogP contribution in [-0.4, -0.2) is 61.9 Å². The number of hydrogen-bond acceptors (Lipinski definition) is 4. The van der Waals surface area contributed by atoms with Crippen LogP contribution in [0, 0.1) is 11.3 Å². The zero-order valence-corrected chi connectivity index (χ0v) is 15.3. The molecule has 2 amide bonds. The van der Waals surface area contributed by atoms with Crippen molar-refractivity contribution >= 4 is 23.6 Å². The molecule has 21 heavy (non-hydrogen) atoms. The number of carbonyl (C=O) groups excluding carboxylic acids is 2. The minimum atomic E-state index is -0.508. The lowest BCUT2D eigenvalue weighted by molar-refractivity contribution is -0.138. The summed E-state index contributed by atoms with van der Waals surface area (Å²) in [5, 5.41) is 6.00. The monoisotopic (exact) mass is 317 g/mol. The van der Waals surface area contributed by atoms with Crippen LogP contribution >= 0.6 is 11.8 Å². The smallest absolute Gasteiger partial charge is 0.245 e. The third-order valence-corrected chi connectivity index (χ3v) is 4.23. The fraction of sp³-hybridized carbons (Fsp3) is 0.867. The van der Waals surface area contributed by atoms with Crippen molar-refractivity contribution in [3.8, 4) is 0 Å². The molecule has 124 valence electrons. The first-order chi connectivity index (χ1) is 9.65. The summed E-state index contributed by atoms with van der Waals surface area (Å²) in [4.78, 5) is 26.3. The molecule has 2 N–H and O–H groups in total. The quantitative estimate of drug-likeness (QED) is 0.706. The normalized spacial score (nSPS) is 14.4. The van der Waals surface area contributed by atoms with Crippen molar-refractivity contribution in [2.45, 2.75) is 33.7 Å². The molecule has 0 rings (SSSR count). The summed E-state index contributed by atoms with van der Waals surface area (Å²) in [5.41, 5.74) is -0.320. The van der Waals surface area contributed by atoms with Crippen LogP contribution < -0.4 is 10.6 Å². The van der Waals surface area contributed by atoms with Gasteiger partial charge in [0.25, 0.3) is 0 Å². The van der Waals surface area contributed by atoms with Gasteiger partial charge < -0.3 is 15.5 Å². The van der Waals surface area contributed by atoms with Crippen LogP contribution in [0.5, 0.6) is 0 Å². The largest absolute Gasteiger partial charge is 0.347 e. The predicted molar refractivity (Wildman–Crippen MR) is 90.5 cm³/mol. The van der Waals surface area contributed by atoms with Gasteiger partial charge in [-0.1, -0.05) is 27.7 Å². The van der Waals surface area contributed by atoms with E-state index in [9.17, 15) is 9.59 Å². The van der Waals surface area contributed by atoms with Gasteiger partial charge in [-0.25, -0.2) is 0 Å². The Kier molecular flexibility index (Phi) is 8.97. The molecular formula is C15H31N3O2S. The number of nitrogens with one attached hydrogen (secondary N) is 2. The Morgan fingerprint density at radius 2 is 1.81 bits per heavy atom. The van der Waals surface area contributed by atoms with Crippen molar-refractivity contribution in [2.24, 2.45) is 11.3 Å². The summed E-state index contributed by atoms with van der Waals surface area (Å²) in [6.07, 6.45) is 0. The lowest BCUT2D eigenvalue weighted by Gasteiger charge is -2.33.